The number of hydrogen-bond acceptors (Lipinski definition) is 8. The molecule has 4 aromatic carbocycles. The van der Waals surface area contributed by atoms with Gasteiger partial charge in [-0.05, 0) is 54.4 Å². The number of hydrogen-bond donors (Lipinski definition) is 0. The van der Waals surface area contributed by atoms with Crippen LogP contribution in [0, 0.1) is 6.92 Å². The van der Waals surface area contributed by atoms with Crippen molar-refractivity contribution in [3.8, 4) is 34.1 Å². The maximum atomic E-state index is 14.1. The Labute approximate surface area is 342 Å². The van der Waals surface area contributed by atoms with Crippen LogP contribution >= 0.6 is 15.9 Å². The molecule has 294 valence electrons. The van der Waals surface area contributed by atoms with Crippen molar-refractivity contribution in [1.82, 2.24) is 18.5 Å². The normalized spacial score (nSPS) is 12.6. The Morgan fingerprint density at radius 3 is 2.40 bits per heavy atom. The van der Waals surface area contributed by atoms with Gasteiger partial charge in [0, 0.05) is 59.4 Å². The Morgan fingerprint density at radius 1 is 0.947 bits per heavy atom. The van der Waals surface area contributed by atoms with E-state index in [2.05, 4.69) is 35.6 Å². The summed E-state index contributed by atoms with van der Waals surface area (Å²) in [5.74, 6) is 0.408. The zero-order valence-corrected chi connectivity index (χ0v) is 36.2. The van der Waals surface area contributed by atoms with Crippen molar-refractivity contribution in [2.75, 3.05) is 13.7 Å². The number of carbonyl (C=O) groups is 1. The minimum absolute atomic E-state index is 0.165. The molecule has 0 fully saturated rings. The number of nitrogens with zero attached hydrogens (tertiary/aromatic N) is 4. The molecule has 1 atom stereocenters. The SMILES string of the molecule is COc1nc(-c2cn(COCC[Si](C)(C)C)c3c(OCc4ccccc4)ccc(C(C)C=O)c23)cnc1-c1cn(S(=O)(=O)c2ccc(C)cc2)c2cc(Br)ccc12. The van der Waals surface area contributed by atoms with E-state index in [1.165, 1.54) is 11.1 Å². The molecule has 1 unspecified atom stereocenters. The molecule has 0 bridgehead atoms. The fourth-order valence-electron chi connectivity index (χ4n) is 6.79. The van der Waals surface area contributed by atoms with Gasteiger partial charge in [0.1, 0.15) is 31.1 Å². The highest BCUT2D eigenvalue weighted by molar-refractivity contribution is 9.10. The van der Waals surface area contributed by atoms with E-state index in [-0.39, 0.29) is 17.5 Å². The number of carbonyl (C=O) groups excluding carboxylic acids is 1. The molecule has 3 heterocycles. The summed E-state index contributed by atoms with van der Waals surface area (Å²) in [6.07, 6.45) is 6.13. The molecule has 0 aliphatic rings. The van der Waals surface area contributed by atoms with E-state index in [9.17, 15) is 13.2 Å². The molecule has 0 aliphatic heterocycles. The van der Waals surface area contributed by atoms with Gasteiger partial charge >= 0.3 is 0 Å². The molecular weight excluding hydrogens is 821 g/mol. The summed E-state index contributed by atoms with van der Waals surface area (Å²) in [6.45, 7) is 11.9. The summed E-state index contributed by atoms with van der Waals surface area (Å²) in [7, 11) is -3.82. The molecule has 3 aromatic heterocycles. The van der Waals surface area contributed by atoms with Crippen LogP contribution in [0.2, 0.25) is 25.7 Å². The Kier molecular flexibility index (Phi) is 11.6. The third kappa shape index (κ3) is 8.33. The molecular formula is C44H45BrN4O6SSi. The quantitative estimate of drug-likeness (QED) is 0.0569. The smallest absolute Gasteiger partial charge is 0.268 e. The Bertz CT molecular complexity index is 2690. The van der Waals surface area contributed by atoms with Crippen LogP contribution in [0.25, 0.3) is 44.3 Å². The van der Waals surface area contributed by atoms with Crippen LogP contribution in [0.4, 0.5) is 0 Å². The average molecular weight is 866 g/mol. The van der Waals surface area contributed by atoms with Crippen LogP contribution in [-0.4, -0.2) is 55.0 Å². The molecule has 0 saturated heterocycles. The molecule has 0 aliphatic carbocycles. The largest absolute Gasteiger partial charge is 0.487 e. The lowest BCUT2D eigenvalue weighted by Gasteiger charge is -2.17. The lowest BCUT2D eigenvalue weighted by Crippen LogP contribution is -2.22. The fourth-order valence-corrected chi connectivity index (χ4v) is 9.26. The Balaban J connectivity index is 1.38. The summed E-state index contributed by atoms with van der Waals surface area (Å²) >= 11 is 3.52. The van der Waals surface area contributed by atoms with Gasteiger partial charge in [-0.2, -0.15) is 0 Å². The predicted molar refractivity (Wildman–Crippen MR) is 231 cm³/mol. The number of fused-ring (bicyclic) bond motifs is 2. The molecule has 7 rings (SSSR count). The number of aromatic nitrogens is 4. The van der Waals surface area contributed by atoms with Gasteiger partial charge < -0.3 is 23.6 Å². The van der Waals surface area contributed by atoms with Crippen LogP contribution in [0.1, 0.15) is 29.5 Å². The number of aldehydes is 1. The summed E-state index contributed by atoms with van der Waals surface area (Å²) in [6, 6.07) is 27.1. The van der Waals surface area contributed by atoms with Crippen molar-refractivity contribution in [3.63, 3.8) is 0 Å². The second-order valence-electron chi connectivity index (χ2n) is 15.4. The number of rotatable bonds is 15. The fraction of sp³-hybridized carbons (Fsp3) is 0.250. The van der Waals surface area contributed by atoms with Crippen molar-refractivity contribution in [2.24, 2.45) is 0 Å². The van der Waals surface area contributed by atoms with Gasteiger partial charge in [0.05, 0.1) is 34.9 Å². The van der Waals surface area contributed by atoms with Gasteiger partial charge in [-0.1, -0.05) is 103 Å². The molecule has 7 aromatic rings. The second-order valence-corrected chi connectivity index (χ2v) is 23.7. The van der Waals surface area contributed by atoms with E-state index in [4.69, 9.17) is 24.2 Å². The predicted octanol–water partition coefficient (Wildman–Crippen LogP) is 10.2. The summed E-state index contributed by atoms with van der Waals surface area (Å²) in [4.78, 5) is 22.5. The van der Waals surface area contributed by atoms with Crippen molar-refractivity contribution in [2.45, 2.75) is 63.7 Å². The first-order valence-corrected chi connectivity index (χ1v) is 24.6. The number of benzene rings is 4. The highest BCUT2D eigenvalue weighted by atomic mass is 79.9. The number of ether oxygens (including phenoxy) is 3. The van der Waals surface area contributed by atoms with Gasteiger partial charge in [0.25, 0.3) is 10.0 Å². The highest BCUT2D eigenvalue weighted by Gasteiger charge is 2.27. The molecule has 0 N–H and O–H groups in total. The second kappa shape index (κ2) is 16.4. The van der Waals surface area contributed by atoms with E-state index in [0.717, 1.165) is 50.0 Å². The van der Waals surface area contributed by atoms with Crippen LogP contribution in [0.5, 0.6) is 11.6 Å². The summed E-state index contributed by atoms with van der Waals surface area (Å²) < 4.78 is 50.9. The molecule has 10 nitrogen and oxygen atoms in total. The number of aryl methyl sites for hydroxylation is 1. The number of methoxy groups -OCH3 is 1. The van der Waals surface area contributed by atoms with E-state index in [0.29, 0.717) is 46.8 Å². The van der Waals surface area contributed by atoms with Crippen molar-refractivity contribution in [1.29, 1.82) is 0 Å². The molecule has 0 amide bonds. The molecule has 57 heavy (non-hydrogen) atoms. The lowest BCUT2D eigenvalue weighted by atomic mass is 9.95. The molecule has 0 saturated carbocycles. The monoisotopic (exact) mass is 864 g/mol. The lowest BCUT2D eigenvalue weighted by molar-refractivity contribution is -0.108. The minimum atomic E-state index is -3.98. The maximum Gasteiger partial charge on any atom is 0.268 e. The van der Waals surface area contributed by atoms with E-state index in [1.54, 1.807) is 42.7 Å². The third-order valence-corrected chi connectivity index (χ3v) is 13.8. The third-order valence-electron chi connectivity index (χ3n) is 9.95. The first-order valence-electron chi connectivity index (χ1n) is 18.7. The first kappa shape index (κ1) is 40.1. The van der Waals surface area contributed by atoms with E-state index in [1.807, 2.05) is 79.2 Å². The van der Waals surface area contributed by atoms with Gasteiger partial charge in [0.2, 0.25) is 5.88 Å². The molecule has 0 radical (unpaired) electrons. The van der Waals surface area contributed by atoms with Gasteiger partial charge in [-0.25, -0.2) is 22.4 Å². The summed E-state index contributed by atoms with van der Waals surface area (Å²) in [5, 5.41) is 1.45. The topological polar surface area (TPSA) is 115 Å². The summed E-state index contributed by atoms with van der Waals surface area (Å²) in [5.41, 5.74) is 6.16. The Morgan fingerprint density at radius 2 is 1.70 bits per heavy atom. The zero-order chi connectivity index (χ0) is 40.5. The van der Waals surface area contributed by atoms with Crippen LogP contribution in [-0.2, 0) is 32.9 Å². The van der Waals surface area contributed by atoms with Crippen molar-refractivity contribution < 1.29 is 27.4 Å². The molecule has 0 spiro atoms. The zero-order valence-electron chi connectivity index (χ0n) is 32.8. The van der Waals surface area contributed by atoms with Crippen molar-refractivity contribution >= 4 is 62.1 Å². The van der Waals surface area contributed by atoms with E-state index < -0.39 is 24.0 Å². The van der Waals surface area contributed by atoms with E-state index >= 15 is 0 Å². The van der Waals surface area contributed by atoms with Crippen LogP contribution in [0.15, 0.2) is 113 Å². The number of halogens is 1. The van der Waals surface area contributed by atoms with Gasteiger partial charge in [0.15, 0.2) is 0 Å². The highest BCUT2D eigenvalue weighted by Crippen LogP contribution is 2.42. The standard InChI is InChI=1S/C44H45BrN4O6SSi/c1-29-12-15-33(16-13-29)56(51,52)49-25-36(35-17-14-32(45)22-39(35)49)42-44(53-3)47-38(23-46-42)37-24-48(28-54-20-21-57(4,5)6)43-40(55-27-31-10-8-7-9-11-31)19-18-34(41(37)43)30(2)26-50/h7-19,22-26,30H,20-21,27-28H2,1-6H3. The van der Waals surface area contributed by atoms with Crippen LogP contribution < -0.4 is 9.47 Å². The first-order chi connectivity index (χ1) is 27.3. The van der Waals surface area contributed by atoms with Crippen LogP contribution in [0.3, 0.4) is 0 Å². The minimum Gasteiger partial charge on any atom is -0.487 e. The van der Waals surface area contributed by atoms with Gasteiger partial charge in [-0.3, -0.25) is 0 Å². The maximum absolute atomic E-state index is 14.1. The van der Waals surface area contributed by atoms with Gasteiger partial charge in [-0.15, -0.1) is 0 Å². The van der Waals surface area contributed by atoms with Crippen molar-refractivity contribution in [3.05, 3.63) is 125 Å². The Hall–Kier alpha value is -5.08. The average Bonchev–Trinajstić information content (AvgIpc) is 3.78. The molecule has 13 heteroatoms.